The first-order chi connectivity index (χ1) is 16.1. The van der Waals surface area contributed by atoms with Gasteiger partial charge in [0.05, 0.1) is 18.5 Å². The van der Waals surface area contributed by atoms with E-state index in [1.807, 2.05) is 48.5 Å². The number of anilines is 1. The third-order valence-corrected chi connectivity index (χ3v) is 6.41. The first-order valence-electron chi connectivity index (χ1n) is 11.0. The number of rotatable bonds is 5. The van der Waals surface area contributed by atoms with Crippen molar-refractivity contribution in [3.8, 4) is 5.75 Å². The van der Waals surface area contributed by atoms with Gasteiger partial charge in [-0.3, -0.25) is 9.69 Å². The fourth-order valence-corrected chi connectivity index (χ4v) is 4.48. The van der Waals surface area contributed by atoms with Crippen LogP contribution in [0.15, 0.2) is 76.4 Å². The molecule has 5 rings (SSSR count). The fourth-order valence-electron chi connectivity index (χ4n) is 4.35. The van der Waals surface area contributed by atoms with Gasteiger partial charge in [-0.15, -0.1) is 0 Å². The van der Waals surface area contributed by atoms with Crippen molar-refractivity contribution in [1.29, 1.82) is 0 Å². The molecule has 0 radical (unpaired) electrons. The number of aromatic hydroxyl groups is 1. The molecule has 1 amide bonds. The molecule has 3 heterocycles. The molecule has 1 fully saturated rings. The van der Waals surface area contributed by atoms with E-state index < -0.39 is 0 Å². The van der Waals surface area contributed by atoms with Gasteiger partial charge in [0, 0.05) is 43.3 Å². The average Bonchev–Trinajstić information content (AvgIpc) is 3.51. The number of benzene rings is 2. The SMILES string of the molecule is O=C(CN1CCN(c2ccc(O)cc2)CC1)N1N=C(c2ccc(Cl)cc2)C[C@H]1c1ccco1. The standard InChI is InChI=1S/C25H25ClN4O3/c26-19-5-3-18(4-6-19)22-16-23(24-2-1-15-33-24)30(27-22)25(32)17-28-11-13-29(14-12-28)20-7-9-21(31)10-8-20/h1-10,15,23,31H,11-14,16-17H2/t23-/m0/s1. The van der Waals surface area contributed by atoms with Crippen molar-refractivity contribution < 1.29 is 14.3 Å². The number of carbonyl (C=O) groups excluding carboxylic acids is 1. The highest BCUT2D eigenvalue weighted by atomic mass is 35.5. The summed E-state index contributed by atoms with van der Waals surface area (Å²) >= 11 is 6.03. The van der Waals surface area contributed by atoms with Crippen LogP contribution < -0.4 is 4.90 Å². The van der Waals surface area contributed by atoms with Crippen LogP contribution in [-0.4, -0.2) is 59.4 Å². The smallest absolute Gasteiger partial charge is 0.257 e. The minimum Gasteiger partial charge on any atom is -0.508 e. The van der Waals surface area contributed by atoms with E-state index >= 15 is 0 Å². The normalized spacial score (nSPS) is 19.1. The molecule has 1 aromatic heterocycles. The van der Waals surface area contributed by atoms with Crippen LogP contribution in [0.3, 0.4) is 0 Å². The van der Waals surface area contributed by atoms with E-state index in [1.165, 1.54) is 0 Å². The van der Waals surface area contributed by atoms with E-state index in [-0.39, 0.29) is 17.7 Å². The van der Waals surface area contributed by atoms with Crippen molar-refractivity contribution in [3.63, 3.8) is 0 Å². The minimum absolute atomic E-state index is 0.0431. The number of phenols is 1. The summed E-state index contributed by atoms with van der Waals surface area (Å²) < 4.78 is 5.64. The molecule has 7 nitrogen and oxygen atoms in total. The summed E-state index contributed by atoms with van der Waals surface area (Å²) in [4.78, 5) is 17.7. The Morgan fingerprint density at radius 1 is 1.03 bits per heavy atom. The van der Waals surface area contributed by atoms with Gasteiger partial charge in [-0.05, 0) is 54.1 Å². The van der Waals surface area contributed by atoms with Crippen molar-refractivity contribution in [3.05, 3.63) is 83.3 Å². The number of hydrogen-bond acceptors (Lipinski definition) is 6. The first-order valence-corrected chi connectivity index (χ1v) is 11.4. The van der Waals surface area contributed by atoms with Gasteiger partial charge in [0.2, 0.25) is 0 Å². The third-order valence-electron chi connectivity index (χ3n) is 6.16. The maximum Gasteiger partial charge on any atom is 0.257 e. The lowest BCUT2D eigenvalue weighted by Crippen LogP contribution is -2.49. The second-order valence-corrected chi connectivity index (χ2v) is 8.74. The van der Waals surface area contributed by atoms with Crippen molar-refractivity contribution in [2.24, 2.45) is 5.10 Å². The zero-order chi connectivity index (χ0) is 22.8. The lowest BCUT2D eigenvalue weighted by molar-refractivity contribution is -0.134. The van der Waals surface area contributed by atoms with Crippen molar-refractivity contribution >= 4 is 28.9 Å². The Kier molecular flexibility index (Phi) is 6.07. The minimum atomic E-state index is -0.253. The van der Waals surface area contributed by atoms with Crippen LogP contribution in [-0.2, 0) is 4.79 Å². The van der Waals surface area contributed by atoms with Crippen LogP contribution in [0.1, 0.15) is 23.8 Å². The second-order valence-electron chi connectivity index (χ2n) is 8.31. The fraction of sp³-hybridized carbons (Fsp3) is 0.280. The molecule has 33 heavy (non-hydrogen) atoms. The highest BCUT2D eigenvalue weighted by molar-refractivity contribution is 6.30. The van der Waals surface area contributed by atoms with Crippen LogP contribution in [0.25, 0.3) is 0 Å². The molecule has 0 spiro atoms. The van der Waals surface area contributed by atoms with Crippen molar-refractivity contribution in [2.45, 2.75) is 12.5 Å². The van der Waals surface area contributed by atoms with E-state index in [0.717, 1.165) is 48.9 Å². The molecule has 2 aromatic carbocycles. The number of furan rings is 1. The number of piperazine rings is 1. The van der Waals surface area contributed by atoms with E-state index in [0.29, 0.717) is 18.0 Å². The summed E-state index contributed by atoms with van der Waals surface area (Å²) in [6.07, 6.45) is 2.22. The molecule has 0 aliphatic carbocycles. The Bertz CT molecular complexity index is 1120. The number of nitrogens with zero attached hydrogens (tertiary/aromatic N) is 4. The van der Waals surface area contributed by atoms with E-state index in [4.69, 9.17) is 21.1 Å². The maximum atomic E-state index is 13.3. The number of hydrogen-bond donors (Lipinski definition) is 1. The van der Waals surface area contributed by atoms with Crippen LogP contribution in [0.4, 0.5) is 5.69 Å². The van der Waals surface area contributed by atoms with Gasteiger partial charge in [0.1, 0.15) is 17.6 Å². The summed E-state index contributed by atoms with van der Waals surface area (Å²) in [5, 5.41) is 16.4. The zero-order valence-corrected chi connectivity index (χ0v) is 18.9. The third kappa shape index (κ3) is 4.74. The predicted octanol–water partition coefficient (Wildman–Crippen LogP) is 4.14. The van der Waals surface area contributed by atoms with Crippen molar-refractivity contribution in [2.75, 3.05) is 37.6 Å². The van der Waals surface area contributed by atoms with E-state index in [2.05, 4.69) is 9.80 Å². The number of halogens is 1. The Hall–Kier alpha value is -3.29. The largest absolute Gasteiger partial charge is 0.508 e. The quantitative estimate of drug-likeness (QED) is 0.614. The lowest BCUT2D eigenvalue weighted by atomic mass is 10.0. The van der Waals surface area contributed by atoms with Gasteiger partial charge in [0.15, 0.2) is 0 Å². The molecule has 3 aromatic rings. The highest BCUT2D eigenvalue weighted by Crippen LogP contribution is 2.33. The number of phenolic OH excluding ortho intramolecular Hbond substituents is 1. The van der Waals surface area contributed by atoms with Gasteiger partial charge in [-0.2, -0.15) is 5.10 Å². The molecule has 0 bridgehead atoms. The molecule has 1 atom stereocenters. The maximum absolute atomic E-state index is 13.3. The number of hydrazone groups is 1. The number of carbonyl (C=O) groups is 1. The zero-order valence-electron chi connectivity index (χ0n) is 18.1. The Morgan fingerprint density at radius 2 is 1.76 bits per heavy atom. The van der Waals surface area contributed by atoms with E-state index in [9.17, 15) is 9.90 Å². The molecule has 1 N–H and O–H groups in total. The molecular formula is C25H25ClN4O3. The highest BCUT2D eigenvalue weighted by Gasteiger charge is 2.35. The molecule has 2 aliphatic rings. The summed E-state index contributed by atoms with van der Waals surface area (Å²) in [5.74, 6) is 0.949. The summed E-state index contributed by atoms with van der Waals surface area (Å²) in [6.45, 7) is 3.50. The van der Waals surface area contributed by atoms with Crippen LogP contribution in [0.5, 0.6) is 5.75 Å². The molecule has 2 aliphatic heterocycles. The van der Waals surface area contributed by atoms with Crippen molar-refractivity contribution in [1.82, 2.24) is 9.91 Å². The molecule has 8 heteroatoms. The monoisotopic (exact) mass is 464 g/mol. The topological polar surface area (TPSA) is 72.5 Å². The average molecular weight is 465 g/mol. The molecular weight excluding hydrogens is 440 g/mol. The molecule has 170 valence electrons. The summed E-state index contributed by atoms with van der Waals surface area (Å²) in [6, 6.07) is 18.2. The van der Waals surface area contributed by atoms with Crippen LogP contribution >= 0.6 is 11.6 Å². The Balaban J connectivity index is 1.26. The summed E-state index contributed by atoms with van der Waals surface area (Å²) in [5.41, 5.74) is 2.88. The summed E-state index contributed by atoms with van der Waals surface area (Å²) in [7, 11) is 0. The first kappa shape index (κ1) is 21.6. The molecule has 0 unspecified atom stereocenters. The Labute approximate surface area is 197 Å². The molecule has 1 saturated heterocycles. The Morgan fingerprint density at radius 3 is 2.42 bits per heavy atom. The predicted molar refractivity (Wildman–Crippen MR) is 128 cm³/mol. The van der Waals surface area contributed by atoms with Gasteiger partial charge < -0.3 is 14.4 Å². The molecule has 0 saturated carbocycles. The van der Waals surface area contributed by atoms with Gasteiger partial charge in [-0.25, -0.2) is 5.01 Å². The van der Waals surface area contributed by atoms with Crippen LogP contribution in [0.2, 0.25) is 5.02 Å². The van der Waals surface area contributed by atoms with Gasteiger partial charge >= 0.3 is 0 Å². The van der Waals surface area contributed by atoms with Crippen LogP contribution in [0, 0.1) is 0 Å². The lowest BCUT2D eigenvalue weighted by Gasteiger charge is -2.36. The second kappa shape index (κ2) is 9.29. The van der Waals surface area contributed by atoms with Gasteiger partial charge in [0.25, 0.3) is 5.91 Å². The number of amides is 1. The van der Waals surface area contributed by atoms with Gasteiger partial charge in [-0.1, -0.05) is 23.7 Å². The van der Waals surface area contributed by atoms with E-state index in [1.54, 1.807) is 23.4 Å².